The largest absolute Gasteiger partial charge is 0.493 e. The number of carbonyl (C=O) groups excluding carboxylic acids is 2. The zero-order valence-electron chi connectivity index (χ0n) is 15.6. The van der Waals surface area contributed by atoms with E-state index < -0.39 is 33.0 Å². The summed E-state index contributed by atoms with van der Waals surface area (Å²) >= 11 is 0. The van der Waals surface area contributed by atoms with Gasteiger partial charge in [-0.15, -0.1) is 10.2 Å². The van der Waals surface area contributed by atoms with Gasteiger partial charge in [0.05, 0.1) is 15.9 Å². The highest BCUT2D eigenvalue weighted by Crippen LogP contribution is 2.41. The van der Waals surface area contributed by atoms with Crippen LogP contribution < -0.4 is 5.32 Å². The number of nitro benzene ring substituents is 2. The van der Waals surface area contributed by atoms with Crippen LogP contribution in [0.25, 0.3) is 10.9 Å². The van der Waals surface area contributed by atoms with E-state index in [4.69, 9.17) is 0 Å². The van der Waals surface area contributed by atoms with E-state index in [9.17, 15) is 34.9 Å². The molecule has 3 rings (SSSR count). The van der Waals surface area contributed by atoms with Crippen molar-refractivity contribution >= 4 is 39.8 Å². The molecule has 2 aromatic carbocycles. The molecule has 3 aromatic rings. The van der Waals surface area contributed by atoms with Gasteiger partial charge in [0.25, 0.3) is 23.2 Å². The first kappa shape index (κ1) is 21.0. The summed E-state index contributed by atoms with van der Waals surface area (Å²) in [7, 11) is 0. The van der Waals surface area contributed by atoms with Gasteiger partial charge < -0.3 is 15.4 Å². The predicted molar refractivity (Wildman–Crippen MR) is 106 cm³/mol. The zero-order chi connectivity index (χ0) is 22.5. The average molecular weight is 426 g/mol. The van der Waals surface area contributed by atoms with Gasteiger partial charge in [-0.25, -0.2) is 0 Å². The van der Waals surface area contributed by atoms with Crippen molar-refractivity contribution in [1.82, 2.24) is 10.3 Å². The lowest BCUT2D eigenvalue weighted by Gasteiger charge is -2.02. The van der Waals surface area contributed by atoms with Crippen molar-refractivity contribution in [2.45, 2.75) is 6.42 Å². The Balaban J connectivity index is 1.75. The Morgan fingerprint density at radius 2 is 1.81 bits per heavy atom. The number of carbonyl (C=O) groups is 2. The molecule has 158 valence electrons. The Morgan fingerprint density at radius 3 is 2.45 bits per heavy atom. The summed E-state index contributed by atoms with van der Waals surface area (Å²) in [6.45, 7) is -0.0254. The quantitative estimate of drug-likeness (QED) is 0.293. The number of nitrogens with one attached hydrogen (secondary N) is 2. The van der Waals surface area contributed by atoms with E-state index in [2.05, 4.69) is 20.5 Å². The van der Waals surface area contributed by atoms with Crippen LogP contribution in [0.5, 0.6) is 5.88 Å². The summed E-state index contributed by atoms with van der Waals surface area (Å²) in [5.74, 6) is -1.77. The van der Waals surface area contributed by atoms with Crippen LogP contribution in [0, 0.1) is 20.2 Å². The number of fused-ring (bicyclic) bond motifs is 1. The number of nitrogens with zero attached hydrogens (tertiary/aromatic N) is 4. The van der Waals surface area contributed by atoms with Crippen molar-refractivity contribution in [3.8, 4) is 5.88 Å². The van der Waals surface area contributed by atoms with Crippen LogP contribution in [-0.4, -0.2) is 38.3 Å². The molecule has 0 aliphatic heterocycles. The third-order valence-electron chi connectivity index (χ3n) is 4.15. The summed E-state index contributed by atoms with van der Waals surface area (Å²) < 4.78 is 0. The fourth-order valence-electron chi connectivity index (χ4n) is 2.72. The van der Waals surface area contributed by atoms with E-state index in [1.54, 1.807) is 30.3 Å². The van der Waals surface area contributed by atoms with Gasteiger partial charge in [0, 0.05) is 30.0 Å². The molecule has 1 aromatic heterocycles. The Hall–Kier alpha value is -4.68. The number of H-pyrrole nitrogens is 1. The number of non-ortho nitro benzene ring substituents is 2. The van der Waals surface area contributed by atoms with E-state index in [0.29, 0.717) is 5.56 Å². The van der Waals surface area contributed by atoms with Gasteiger partial charge in [0.1, 0.15) is 5.52 Å². The second-order valence-electron chi connectivity index (χ2n) is 6.19. The number of amides is 2. The lowest BCUT2D eigenvalue weighted by Crippen LogP contribution is -2.25. The van der Waals surface area contributed by atoms with Crippen LogP contribution in [0.2, 0.25) is 0 Å². The molecule has 0 saturated carbocycles. The van der Waals surface area contributed by atoms with E-state index in [1.165, 1.54) is 0 Å². The van der Waals surface area contributed by atoms with Gasteiger partial charge in [-0.2, -0.15) is 0 Å². The summed E-state index contributed by atoms with van der Waals surface area (Å²) in [6.07, 6.45) is -0.203. The average Bonchev–Trinajstić information content (AvgIpc) is 3.06. The standard InChI is InChI=1S/C18H14N6O7/c25-14(6-7-19-17(26)10-4-2-1-3-5-10)21-22-16-12-8-11(23(28)29)9-13(24(30)31)15(12)20-18(16)27/h1-5,8-9,20,27H,6-7H2,(H,19,26). The van der Waals surface area contributed by atoms with E-state index in [-0.39, 0.29) is 35.5 Å². The normalized spacial score (nSPS) is 11.0. The van der Waals surface area contributed by atoms with Crippen molar-refractivity contribution in [3.05, 3.63) is 68.3 Å². The second kappa shape index (κ2) is 8.77. The van der Waals surface area contributed by atoms with Gasteiger partial charge in [-0.1, -0.05) is 18.2 Å². The molecule has 3 N–H and O–H groups in total. The van der Waals surface area contributed by atoms with Gasteiger partial charge in [0.15, 0.2) is 5.69 Å². The SMILES string of the molecule is O=C(CCNC(=O)c1ccccc1)N=Nc1c(O)[nH]c2c([N+](=O)[O-])cc([N+](=O)[O-])cc12. The maximum Gasteiger partial charge on any atom is 0.300 e. The minimum Gasteiger partial charge on any atom is -0.493 e. The first-order valence-electron chi connectivity index (χ1n) is 8.73. The highest BCUT2D eigenvalue weighted by atomic mass is 16.6. The Kier molecular flexibility index (Phi) is 5.95. The van der Waals surface area contributed by atoms with Crippen molar-refractivity contribution in [3.63, 3.8) is 0 Å². The molecule has 0 spiro atoms. The Bertz CT molecular complexity index is 1220. The van der Waals surface area contributed by atoms with Gasteiger partial charge in [-0.3, -0.25) is 29.8 Å². The first-order chi connectivity index (χ1) is 14.8. The molecule has 0 aliphatic carbocycles. The lowest BCUT2D eigenvalue weighted by atomic mass is 10.2. The monoisotopic (exact) mass is 426 g/mol. The van der Waals surface area contributed by atoms with Gasteiger partial charge in [0.2, 0.25) is 5.88 Å². The number of rotatable bonds is 7. The maximum absolute atomic E-state index is 11.9. The van der Waals surface area contributed by atoms with Crippen LogP contribution in [0.4, 0.5) is 17.1 Å². The van der Waals surface area contributed by atoms with Crippen molar-refractivity contribution in [1.29, 1.82) is 0 Å². The topological polar surface area (TPSA) is 193 Å². The number of aromatic amines is 1. The molecule has 0 radical (unpaired) electrons. The number of aromatic nitrogens is 1. The molecular formula is C18H14N6O7. The molecule has 0 fully saturated rings. The molecule has 1 heterocycles. The number of aromatic hydroxyl groups is 1. The Morgan fingerprint density at radius 1 is 1.10 bits per heavy atom. The van der Waals surface area contributed by atoms with Crippen molar-refractivity contribution < 1.29 is 24.5 Å². The third-order valence-corrected chi connectivity index (χ3v) is 4.15. The molecule has 0 saturated heterocycles. The molecule has 13 nitrogen and oxygen atoms in total. The number of hydrogen-bond acceptors (Lipinski definition) is 8. The Labute approximate surface area is 172 Å². The van der Waals surface area contributed by atoms with Gasteiger partial charge in [-0.05, 0) is 12.1 Å². The minimum absolute atomic E-state index is 0.0254. The smallest absolute Gasteiger partial charge is 0.300 e. The predicted octanol–water partition coefficient (Wildman–Crippen LogP) is 3.12. The summed E-state index contributed by atoms with van der Waals surface area (Å²) in [6, 6.07) is 10.1. The molecule has 0 bridgehead atoms. The lowest BCUT2D eigenvalue weighted by molar-refractivity contribution is -0.393. The summed E-state index contributed by atoms with van der Waals surface area (Å²) in [5.41, 5.74) is -1.38. The first-order valence-corrected chi connectivity index (χ1v) is 8.73. The molecule has 0 aliphatic rings. The summed E-state index contributed by atoms with van der Waals surface area (Å²) in [5, 5.41) is 41.6. The van der Waals surface area contributed by atoms with Crippen LogP contribution in [-0.2, 0) is 4.79 Å². The van der Waals surface area contributed by atoms with E-state index in [1.807, 2.05) is 0 Å². The molecular weight excluding hydrogens is 412 g/mol. The van der Waals surface area contributed by atoms with Crippen molar-refractivity contribution in [2.24, 2.45) is 10.2 Å². The molecule has 2 amide bonds. The zero-order valence-corrected chi connectivity index (χ0v) is 15.6. The molecule has 31 heavy (non-hydrogen) atoms. The van der Waals surface area contributed by atoms with E-state index in [0.717, 1.165) is 12.1 Å². The van der Waals surface area contributed by atoms with Gasteiger partial charge >= 0.3 is 0 Å². The molecule has 0 atom stereocenters. The fourth-order valence-corrected chi connectivity index (χ4v) is 2.72. The van der Waals surface area contributed by atoms with Crippen LogP contribution in [0.1, 0.15) is 16.8 Å². The van der Waals surface area contributed by atoms with E-state index >= 15 is 0 Å². The number of benzene rings is 2. The molecule has 13 heteroatoms. The highest BCUT2D eigenvalue weighted by Gasteiger charge is 2.25. The number of azo groups is 1. The van der Waals surface area contributed by atoms with Crippen molar-refractivity contribution in [2.75, 3.05) is 6.54 Å². The molecule has 0 unspecified atom stereocenters. The highest BCUT2D eigenvalue weighted by molar-refractivity contribution is 6.01. The minimum atomic E-state index is -0.854. The fraction of sp³-hybridized carbons (Fsp3) is 0.111. The second-order valence-corrected chi connectivity index (χ2v) is 6.19. The summed E-state index contributed by atoms with van der Waals surface area (Å²) in [4.78, 5) is 46.7. The number of nitro groups is 2. The maximum atomic E-state index is 11.9. The number of hydrogen-bond donors (Lipinski definition) is 3. The third kappa shape index (κ3) is 4.67. The van der Waals surface area contributed by atoms with Crippen LogP contribution in [0.3, 0.4) is 0 Å². The van der Waals surface area contributed by atoms with Crippen LogP contribution >= 0.6 is 0 Å². The van der Waals surface area contributed by atoms with Crippen LogP contribution in [0.15, 0.2) is 52.7 Å².